The Labute approximate surface area is 98.0 Å². The summed E-state index contributed by atoms with van der Waals surface area (Å²) < 4.78 is 5.34. The maximum atomic E-state index is 10.5. The van der Waals surface area contributed by atoms with Crippen LogP contribution in [-0.4, -0.2) is 17.2 Å². The summed E-state index contributed by atoms with van der Waals surface area (Å²) >= 11 is 5.76. The van der Waals surface area contributed by atoms with E-state index in [1.54, 1.807) is 13.0 Å². The van der Waals surface area contributed by atoms with Crippen molar-refractivity contribution in [2.24, 2.45) is 0 Å². The van der Waals surface area contributed by atoms with E-state index >= 15 is 0 Å². The highest BCUT2D eigenvalue weighted by Crippen LogP contribution is 2.24. The van der Waals surface area contributed by atoms with Gasteiger partial charge in [-0.05, 0) is 19.1 Å². The van der Waals surface area contributed by atoms with Gasteiger partial charge in [-0.1, -0.05) is 11.6 Å². The largest absolute Gasteiger partial charge is 0.489 e. The topological polar surface area (TPSA) is 70.3 Å². The van der Waals surface area contributed by atoms with Crippen LogP contribution in [0, 0.1) is 11.3 Å². The molecule has 1 N–H and O–H groups in total. The SMILES string of the molecule is C[C@@H](CC(=O)O)Oc1cc(Cl)ccc1C#N. The van der Waals surface area contributed by atoms with Crippen molar-refractivity contribution >= 4 is 17.6 Å². The fourth-order valence-electron chi connectivity index (χ4n) is 1.19. The van der Waals surface area contributed by atoms with Crippen LogP contribution in [0.3, 0.4) is 0 Å². The first kappa shape index (κ1) is 12.3. The quantitative estimate of drug-likeness (QED) is 0.876. The van der Waals surface area contributed by atoms with Gasteiger partial charge in [0.15, 0.2) is 0 Å². The van der Waals surface area contributed by atoms with Crippen LogP contribution in [0.5, 0.6) is 5.75 Å². The summed E-state index contributed by atoms with van der Waals surface area (Å²) in [6, 6.07) is 6.56. The fraction of sp³-hybridized carbons (Fsp3) is 0.273. The summed E-state index contributed by atoms with van der Waals surface area (Å²) in [7, 11) is 0. The van der Waals surface area contributed by atoms with Gasteiger partial charge in [-0.15, -0.1) is 0 Å². The fourth-order valence-corrected chi connectivity index (χ4v) is 1.35. The van der Waals surface area contributed by atoms with Gasteiger partial charge in [-0.3, -0.25) is 4.79 Å². The number of carboxylic acids is 1. The number of rotatable bonds is 4. The third-order valence-electron chi connectivity index (χ3n) is 1.85. The zero-order valence-corrected chi connectivity index (χ0v) is 9.36. The molecule has 16 heavy (non-hydrogen) atoms. The number of aliphatic carboxylic acids is 1. The third-order valence-corrected chi connectivity index (χ3v) is 2.09. The minimum absolute atomic E-state index is 0.128. The Morgan fingerprint density at radius 3 is 2.94 bits per heavy atom. The third kappa shape index (κ3) is 3.44. The molecule has 0 amide bonds. The lowest BCUT2D eigenvalue weighted by Crippen LogP contribution is -2.17. The van der Waals surface area contributed by atoms with E-state index in [-0.39, 0.29) is 6.42 Å². The Morgan fingerprint density at radius 1 is 1.69 bits per heavy atom. The van der Waals surface area contributed by atoms with Crippen LogP contribution in [0.1, 0.15) is 18.9 Å². The molecule has 1 aromatic rings. The van der Waals surface area contributed by atoms with Crippen LogP contribution in [0.4, 0.5) is 0 Å². The van der Waals surface area contributed by atoms with Crippen LogP contribution < -0.4 is 4.74 Å². The second kappa shape index (κ2) is 5.38. The molecule has 0 bridgehead atoms. The van der Waals surface area contributed by atoms with Gasteiger partial charge in [0.1, 0.15) is 17.9 Å². The molecular weight excluding hydrogens is 230 g/mol. The normalized spacial score (nSPS) is 11.6. The number of benzene rings is 1. The van der Waals surface area contributed by atoms with Crippen molar-refractivity contribution < 1.29 is 14.6 Å². The first-order valence-corrected chi connectivity index (χ1v) is 4.99. The summed E-state index contributed by atoms with van der Waals surface area (Å²) in [5.41, 5.74) is 0.335. The smallest absolute Gasteiger partial charge is 0.307 e. The lowest BCUT2D eigenvalue weighted by molar-refractivity contribution is -0.138. The number of nitriles is 1. The van der Waals surface area contributed by atoms with Crippen LogP contribution >= 0.6 is 11.6 Å². The monoisotopic (exact) mass is 239 g/mol. The highest BCUT2D eigenvalue weighted by atomic mass is 35.5. The van der Waals surface area contributed by atoms with Crippen molar-refractivity contribution in [2.75, 3.05) is 0 Å². The maximum absolute atomic E-state index is 10.5. The first-order chi connectivity index (χ1) is 7.52. The maximum Gasteiger partial charge on any atom is 0.307 e. The van der Waals surface area contributed by atoms with E-state index in [1.807, 2.05) is 6.07 Å². The Kier molecular flexibility index (Phi) is 4.15. The molecule has 0 heterocycles. The molecule has 0 saturated heterocycles. The van der Waals surface area contributed by atoms with E-state index in [4.69, 9.17) is 26.7 Å². The van der Waals surface area contributed by atoms with Gasteiger partial charge in [0.2, 0.25) is 0 Å². The van der Waals surface area contributed by atoms with Crippen molar-refractivity contribution in [1.82, 2.24) is 0 Å². The highest BCUT2D eigenvalue weighted by Gasteiger charge is 2.12. The van der Waals surface area contributed by atoms with E-state index in [0.29, 0.717) is 16.3 Å². The molecular formula is C11H10ClNO3. The molecule has 0 spiro atoms. The summed E-state index contributed by atoms with van der Waals surface area (Å²) in [5, 5.41) is 17.8. The predicted octanol–water partition coefficient (Wildman–Crippen LogP) is 2.45. The van der Waals surface area contributed by atoms with Crippen LogP contribution in [0.25, 0.3) is 0 Å². The van der Waals surface area contributed by atoms with Gasteiger partial charge in [0.25, 0.3) is 0 Å². The number of hydrogen-bond acceptors (Lipinski definition) is 3. The number of carbonyl (C=O) groups is 1. The molecule has 84 valence electrons. The summed E-state index contributed by atoms with van der Waals surface area (Å²) in [6.07, 6.45) is -0.639. The Bertz CT molecular complexity index is 439. The second-order valence-corrected chi connectivity index (χ2v) is 3.72. The lowest BCUT2D eigenvalue weighted by Gasteiger charge is -2.13. The molecule has 4 nitrogen and oxygen atoms in total. The zero-order chi connectivity index (χ0) is 12.1. The number of carboxylic acid groups (broad SMARTS) is 1. The standard InChI is InChI=1S/C11H10ClNO3/c1-7(4-11(14)15)16-10-5-9(12)3-2-8(10)6-13/h2-3,5,7H,4H2,1H3,(H,14,15)/t7-/m0/s1. The molecule has 1 aromatic carbocycles. The van der Waals surface area contributed by atoms with Gasteiger partial charge >= 0.3 is 5.97 Å². The molecule has 0 radical (unpaired) electrons. The van der Waals surface area contributed by atoms with Crippen molar-refractivity contribution in [3.8, 4) is 11.8 Å². The molecule has 0 aliphatic heterocycles. The zero-order valence-electron chi connectivity index (χ0n) is 8.61. The summed E-state index contributed by atoms with van der Waals surface area (Å²) in [4.78, 5) is 10.5. The molecule has 0 aliphatic carbocycles. The highest BCUT2D eigenvalue weighted by molar-refractivity contribution is 6.30. The van der Waals surface area contributed by atoms with E-state index in [0.717, 1.165) is 0 Å². The van der Waals surface area contributed by atoms with Gasteiger partial charge < -0.3 is 9.84 Å². The van der Waals surface area contributed by atoms with Crippen molar-refractivity contribution in [2.45, 2.75) is 19.4 Å². The summed E-state index contributed by atoms with van der Waals surface area (Å²) in [5.74, 6) is -0.642. The minimum atomic E-state index is -0.951. The van der Waals surface area contributed by atoms with Crippen molar-refractivity contribution in [3.63, 3.8) is 0 Å². The molecule has 0 aromatic heterocycles. The first-order valence-electron chi connectivity index (χ1n) is 4.61. The molecule has 0 fully saturated rings. The van der Waals surface area contributed by atoms with Crippen LogP contribution in [0.2, 0.25) is 5.02 Å². The molecule has 0 unspecified atom stereocenters. The van der Waals surface area contributed by atoms with Gasteiger partial charge in [0.05, 0.1) is 12.0 Å². The lowest BCUT2D eigenvalue weighted by atomic mass is 10.2. The molecule has 1 atom stereocenters. The van der Waals surface area contributed by atoms with Crippen molar-refractivity contribution in [3.05, 3.63) is 28.8 Å². The van der Waals surface area contributed by atoms with Gasteiger partial charge in [-0.25, -0.2) is 0 Å². The number of nitrogens with zero attached hydrogens (tertiary/aromatic N) is 1. The number of hydrogen-bond donors (Lipinski definition) is 1. The van der Waals surface area contributed by atoms with Crippen LogP contribution in [-0.2, 0) is 4.79 Å². The minimum Gasteiger partial charge on any atom is -0.489 e. The average Bonchev–Trinajstić information content (AvgIpc) is 2.16. The van der Waals surface area contributed by atoms with Gasteiger partial charge in [0, 0.05) is 11.1 Å². The Balaban J connectivity index is 2.84. The van der Waals surface area contributed by atoms with Crippen molar-refractivity contribution in [1.29, 1.82) is 5.26 Å². The van der Waals surface area contributed by atoms with Gasteiger partial charge in [-0.2, -0.15) is 5.26 Å². The predicted molar refractivity (Wildman–Crippen MR) is 58.5 cm³/mol. The van der Waals surface area contributed by atoms with E-state index in [2.05, 4.69) is 0 Å². The second-order valence-electron chi connectivity index (χ2n) is 3.28. The van der Waals surface area contributed by atoms with E-state index in [9.17, 15) is 4.79 Å². The Hall–Kier alpha value is -1.73. The van der Waals surface area contributed by atoms with E-state index in [1.165, 1.54) is 12.1 Å². The molecule has 5 heteroatoms. The van der Waals surface area contributed by atoms with E-state index < -0.39 is 12.1 Å². The van der Waals surface area contributed by atoms with Crippen LogP contribution in [0.15, 0.2) is 18.2 Å². The molecule has 0 saturated carbocycles. The Morgan fingerprint density at radius 2 is 2.38 bits per heavy atom. The number of ether oxygens (including phenoxy) is 1. The molecule has 1 rings (SSSR count). The average molecular weight is 240 g/mol. The molecule has 0 aliphatic rings. The summed E-state index contributed by atoms with van der Waals surface area (Å²) in [6.45, 7) is 1.62. The number of halogens is 1.